The van der Waals surface area contributed by atoms with Crippen LogP contribution in [0.25, 0.3) is 10.9 Å². The van der Waals surface area contributed by atoms with E-state index in [1.54, 1.807) is 0 Å². The van der Waals surface area contributed by atoms with Crippen LogP contribution in [0.2, 0.25) is 0 Å². The maximum Gasteiger partial charge on any atom is 0.573 e. The van der Waals surface area contributed by atoms with Crippen LogP contribution in [0.15, 0.2) is 48.5 Å². The van der Waals surface area contributed by atoms with Crippen molar-refractivity contribution in [1.29, 1.82) is 0 Å². The highest BCUT2D eigenvalue weighted by Gasteiger charge is 2.31. The molecule has 1 heterocycles. The highest BCUT2D eigenvalue weighted by atomic mass is 19.4. The number of para-hydroxylation sites is 1. The first-order valence-corrected chi connectivity index (χ1v) is 8.05. The van der Waals surface area contributed by atoms with E-state index in [4.69, 9.17) is 0 Å². The smallest absolute Gasteiger partial charge is 0.406 e. The van der Waals surface area contributed by atoms with Crippen molar-refractivity contribution in [2.75, 3.05) is 5.32 Å². The van der Waals surface area contributed by atoms with Crippen LogP contribution in [-0.2, 0) is 6.54 Å². The number of aryl methyl sites for hydroxylation is 2. The molecule has 0 bridgehead atoms. The topological polar surface area (TPSA) is 43.3 Å². The van der Waals surface area contributed by atoms with Gasteiger partial charge in [-0.15, -0.1) is 13.2 Å². The standard InChI is InChI=1S/C19H17F3N2O2/c1-3-24-16-7-5-4-6-15(16)12(2)17(24)18(25)23-13-8-10-14(11-9-13)26-19(20,21)22/h4-11H,3H2,1-2H3,(H,23,25). The van der Waals surface area contributed by atoms with Gasteiger partial charge in [0.15, 0.2) is 0 Å². The molecule has 0 aliphatic heterocycles. The molecule has 0 aliphatic carbocycles. The number of ether oxygens (including phenoxy) is 1. The molecule has 0 radical (unpaired) electrons. The van der Waals surface area contributed by atoms with Gasteiger partial charge in [0, 0.05) is 23.1 Å². The Bertz CT molecular complexity index is 944. The number of halogens is 3. The third kappa shape index (κ3) is 3.51. The minimum Gasteiger partial charge on any atom is -0.406 e. The van der Waals surface area contributed by atoms with Gasteiger partial charge in [0.1, 0.15) is 11.4 Å². The first kappa shape index (κ1) is 17.8. The summed E-state index contributed by atoms with van der Waals surface area (Å²) in [6, 6.07) is 12.8. The molecule has 0 spiro atoms. The van der Waals surface area contributed by atoms with Crippen molar-refractivity contribution >= 4 is 22.5 Å². The molecule has 0 saturated carbocycles. The van der Waals surface area contributed by atoms with Crippen LogP contribution in [0, 0.1) is 6.92 Å². The molecule has 1 N–H and O–H groups in total. The fourth-order valence-corrected chi connectivity index (χ4v) is 3.03. The highest BCUT2D eigenvalue weighted by Crippen LogP contribution is 2.27. The Morgan fingerprint density at radius 2 is 1.77 bits per heavy atom. The van der Waals surface area contributed by atoms with Gasteiger partial charge in [-0.05, 0) is 49.7 Å². The normalized spacial score (nSPS) is 11.6. The van der Waals surface area contributed by atoms with Crippen molar-refractivity contribution in [3.63, 3.8) is 0 Å². The number of rotatable bonds is 4. The van der Waals surface area contributed by atoms with Gasteiger partial charge in [0.25, 0.3) is 5.91 Å². The van der Waals surface area contributed by atoms with Crippen molar-refractivity contribution in [3.05, 3.63) is 59.8 Å². The largest absolute Gasteiger partial charge is 0.573 e. The van der Waals surface area contributed by atoms with Gasteiger partial charge in [-0.3, -0.25) is 4.79 Å². The van der Waals surface area contributed by atoms with Gasteiger partial charge >= 0.3 is 6.36 Å². The number of carbonyl (C=O) groups is 1. The average molecular weight is 362 g/mol. The first-order chi connectivity index (χ1) is 12.3. The number of benzene rings is 2. The molecule has 7 heteroatoms. The summed E-state index contributed by atoms with van der Waals surface area (Å²) in [4.78, 5) is 12.8. The van der Waals surface area contributed by atoms with E-state index in [9.17, 15) is 18.0 Å². The van der Waals surface area contributed by atoms with Crippen LogP contribution in [0.5, 0.6) is 5.75 Å². The second-order valence-electron chi connectivity index (χ2n) is 5.76. The molecule has 0 unspecified atom stereocenters. The number of aromatic nitrogens is 1. The average Bonchev–Trinajstić information content (AvgIpc) is 2.88. The monoisotopic (exact) mass is 362 g/mol. The zero-order chi connectivity index (χ0) is 18.9. The Morgan fingerprint density at radius 1 is 1.12 bits per heavy atom. The third-order valence-corrected chi connectivity index (χ3v) is 4.10. The Hall–Kier alpha value is -2.96. The fraction of sp³-hybridized carbons (Fsp3) is 0.211. The van der Waals surface area contributed by atoms with E-state index in [2.05, 4.69) is 10.1 Å². The van der Waals surface area contributed by atoms with E-state index < -0.39 is 6.36 Å². The number of hydrogen-bond donors (Lipinski definition) is 1. The minimum absolute atomic E-state index is 0.315. The number of hydrogen-bond acceptors (Lipinski definition) is 2. The van der Waals surface area contributed by atoms with Crippen molar-refractivity contribution in [2.24, 2.45) is 0 Å². The van der Waals surface area contributed by atoms with Gasteiger partial charge < -0.3 is 14.6 Å². The SMILES string of the molecule is CCn1c(C(=O)Nc2ccc(OC(F)(F)F)cc2)c(C)c2ccccc21. The molecule has 0 aliphatic rings. The number of nitrogens with one attached hydrogen (secondary N) is 1. The summed E-state index contributed by atoms with van der Waals surface area (Å²) in [7, 11) is 0. The maximum absolute atomic E-state index is 12.8. The molecule has 4 nitrogen and oxygen atoms in total. The van der Waals surface area contributed by atoms with Crippen LogP contribution in [0.4, 0.5) is 18.9 Å². The van der Waals surface area contributed by atoms with Gasteiger partial charge in [0.2, 0.25) is 0 Å². The Kier molecular flexibility index (Phi) is 4.63. The van der Waals surface area contributed by atoms with Gasteiger partial charge in [-0.2, -0.15) is 0 Å². The summed E-state index contributed by atoms with van der Waals surface area (Å²) in [6.07, 6.45) is -4.75. The molecule has 1 amide bonds. The Labute approximate surface area is 148 Å². The summed E-state index contributed by atoms with van der Waals surface area (Å²) >= 11 is 0. The predicted octanol–water partition coefficient (Wildman–Crippen LogP) is 5.12. The number of nitrogens with zero attached hydrogens (tertiary/aromatic N) is 1. The lowest BCUT2D eigenvalue weighted by Gasteiger charge is -2.11. The van der Waals surface area contributed by atoms with Crippen LogP contribution in [0.1, 0.15) is 23.0 Å². The number of carbonyl (C=O) groups excluding carboxylic acids is 1. The van der Waals surface area contributed by atoms with Crippen molar-refractivity contribution < 1.29 is 22.7 Å². The van der Waals surface area contributed by atoms with Gasteiger partial charge in [-0.25, -0.2) is 0 Å². The van der Waals surface area contributed by atoms with Crippen LogP contribution < -0.4 is 10.1 Å². The molecule has 26 heavy (non-hydrogen) atoms. The zero-order valence-corrected chi connectivity index (χ0v) is 14.2. The summed E-state index contributed by atoms with van der Waals surface area (Å²) in [5.74, 6) is -0.653. The molecular weight excluding hydrogens is 345 g/mol. The van der Waals surface area contributed by atoms with E-state index in [0.29, 0.717) is 17.9 Å². The lowest BCUT2D eigenvalue weighted by molar-refractivity contribution is -0.274. The van der Waals surface area contributed by atoms with E-state index >= 15 is 0 Å². The molecule has 2 aromatic carbocycles. The fourth-order valence-electron chi connectivity index (χ4n) is 3.03. The van der Waals surface area contributed by atoms with Gasteiger partial charge in [-0.1, -0.05) is 18.2 Å². The molecule has 0 atom stereocenters. The molecule has 0 saturated heterocycles. The lowest BCUT2D eigenvalue weighted by atomic mass is 10.1. The second kappa shape index (κ2) is 6.74. The quantitative estimate of drug-likeness (QED) is 0.700. The zero-order valence-electron chi connectivity index (χ0n) is 14.2. The number of amides is 1. The van der Waals surface area contributed by atoms with Crippen LogP contribution in [0.3, 0.4) is 0 Å². The first-order valence-electron chi connectivity index (χ1n) is 8.05. The summed E-state index contributed by atoms with van der Waals surface area (Å²) < 4.78 is 42.4. The van der Waals surface area contributed by atoms with E-state index in [1.165, 1.54) is 12.1 Å². The van der Waals surface area contributed by atoms with Crippen LogP contribution in [-0.4, -0.2) is 16.8 Å². The number of fused-ring (bicyclic) bond motifs is 1. The van der Waals surface area contributed by atoms with Crippen LogP contribution >= 0.6 is 0 Å². The molecule has 3 aromatic rings. The highest BCUT2D eigenvalue weighted by molar-refractivity contribution is 6.08. The summed E-state index contributed by atoms with van der Waals surface area (Å²) in [5.41, 5.74) is 2.74. The van der Waals surface area contributed by atoms with E-state index in [1.807, 2.05) is 42.7 Å². The molecule has 1 aromatic heterocycles. The summed E-state index contributed by atoms with van der Waals surface area (Å²) in [5, 5.41) is 3.72. The lowest BCUT2D eigenvalue weighted by Crippen LogP contribution is -2.18. The second-order valence-corrected chi connectivity index (χ2v) is 5.76. The van der Waals surface area contributed by atoms with Crippen molar-refractivity contribution in [2.45, 2.75) is 26.8 Å². The predicted molar refractivity (Wildman–Crippen MR) is 93.4 cm³/mol. The van der Waals surface area contributed by atoms with Crippen molar-refractivity contribution in [3.8, 4) is 5.75 Å². The van der Waals surface area contributed by atoms with Gasteiger partial charge in [0.05, 0.1) is 0 Å². The third-order valence-electron chi connectivity index (χ3n) is 4.10. The number of anilines is 1. The van der Waals surface area contributed by atoms with E-state index in [-0.39, 0.29) is 11.7 Å². The molecular formula is C19H17F3N2O2. The molecule has 3 rings (SSSR count). The molecule has 0 fully saturated rings. The summed E-state index contributed by atoms with van der Waals surface area (Å²) in [6.45, 7) is 4.45. The Morgan fingerprint density at radius 3 is 2.38 bits per heavy atom. The van der Waals surface area contributed by atoms with E-state index in [0.717, 1.165) is 28.6 Å². The number of alkyl halides is 3. The molecule has 136 valence electrons. The van der Waals surface area contributed by atoms with Crippen molar-refractivity contribution in [1.82, 2.24) is 4.57 Å². The Balaban J connectivity index is 1.87. The minimum atomic E-state index is -4.75. The maximum atomic E-state index is 12.8.